The first-order valence-corrected chi connectivity index (χ1v) is 32.5. The molecule has 5 atom stereocenters. The third-order valence-corrected chi connectivity index (χ3v) is 19.5. The molecule has 0 aliphatic heterocycles. The molecule has 0 heterocycles. The Bertz CT molecular complexity index is 2870. The average molecular weight is 1180 g/mol. The van der Waals surface area contributed by atoms with E-state index in [-0.39, 0.29) is 44.6 Å². The van der Waals surface area contributed by atoms with Crippen LogP contribution in [0.1, 0.15) is 336 Å². The highest BCUT2D eigenvalue weighted by atomic mass is 14.4. The Morgan fingerprint density at radius 3 is 0.782 bits per heavy atom. The van der Waals surface area contributed by atoms with Crippen LogP contribution in [0.2, 0.25) is 0 Å². The summed E-state index contributed by atoms with van der Waals surface area (Å²) in [6.45, 7) is 42.3. The van der Waals surface area contributed by atoms with Crippen molar-refractivity contribution < 1.29 is 0 Å². The molecule has 0 saturated heterocycles. The van der Waals surface area contributed by atoms with E-state index in [1.165, 1.54) is 96.3 Å². The molecule has 0 heteroatoms. The predicted molar refractivity (Wildman–Crippen MR) is 396 cm³/mol. The minimum Gasteiger partial charge on any atom is -0.0776 e. The van der Waals surface area contributed by atoms with Crippen LogP contribution in [0.5, 0.6) is 0 Å². The van der Waals surface area contributed by atoms with Gasteiger partial charge in [-0.2, -0.15) is 0 Å². The summed E-state index contributed by atoms with van der Waals surface area (Å²) < 4.78 is 0. The molecule has 0 fully saturated rings. The fraction of sp³-hybridized carbons (Fsp3) is 0.586. The lowest BCUT2D eigenvalue weighted by Gasteiger charge is -2.40. The van der Waals surface area contributed by atoms with E-state index in [0.717, 1.165) is 35.5 Å². The largest absolute Gasteiger partial charge is 0.0776 e. The molecule has 486 valence electrons. The van der Waals surface area contributed by atoms with E-state index >= 15 is 0 Å². The number of rotatable bonds is 0. The summed E-state index contributed by atoms with van der Waals surface area (Å²) in [5.74, 6) is 4.53. The first-order chi connectivity index (χ1) is 38.0. The fourth-order valence-corrected chi connectivity index (χ4v) is 14.9. The molecule has 0 radical (unpaired) electrons. The van der Waals surface area contributed by atoms with Crippen molar-refractivity contribution in [1.82, 2.24) is 0 Å². The summed E-state index contributed by atoms with van der Waals surface area (Å²) in [5, 5.41) is 0. The van der Waals surface area contributed by atoms with Gasteiger partial charge < -0.3 is 0 Å². The molecule has 0 nitrogen and oxygen atoms in total. The van der Waals surface area contributed by atoms with Gasteiger partial charge >= 0.3 is 0 Å². The summed E-state index contributed by atoms with van der Waals surface area (Å²) in [7, 11) is 0. The molecule has 0 spiro atoms. The molecule has 5 unspecified atom stereocenters. The number of aryl methyl sites for hydroxylation is 4. The molecule has 12 rings (SSSR count). The van der Waals surface area contributed by atoms with Gasteiger partial charge in [0.15, 0.2) is 0 Å². The van der Waals surface area contributed by atoms with E-state index in [1.807, 2.05) is 0 Å². The van der Waals surface area contributed by atoms with Gasteiger partial charge in [-0.05, 0) is 206 Å². The Morgan fingerprint density at radius 2 is 0.460 bits per heavy atom. The van der Waals surface area contributed by atoms with Gasteiger partial charge in [0.1, 0.15) is 0 Å². The van der Waals surface area contributed by atoms with Crippen LogP contribution in [0.15, 0.2) is 146 Å². The molecule has 0 aromatic heterocycles. The van der Waals surface area contributed by atoms with Gasteiger partial charge in [-0.15, -0.1) is 0 Å². The predicted octanol–water partition coefficient (Wildman–Crippen LogP) is 27.8. The van der Waals surface area contributed by atoms with E-state index in [1.54, 1.807) is 66.8 Å². The zero-order valence-electron chi connectivity index (χ0n) is 54.9. The van der Waals surface area contributed by atoms with Crippen molar-refractivity contribution in [3.63, 3.8) is 0 Å². The van der Waals surface area contributed by atoms with Crippen molar-refractivity contribution in [3.05, 3.63) is 212 Å². The van der Waals surface area contributed by atoms with Crippen LogP contribution >= 0.6 is 0 Å². The molecule has 6 aromatic carbocycles. The van der Waals surface area contributed by atoms with Gasteiger partial charge in [-0.1, -0.05) is 334 Å². The highest BCUT2D eigenvalue weighted by Crippen LogP contribution is 2.54. The minimum absolute atomic E-state index is 0. The molecule has 0 amide bonds. The van der Waals surface area contributed by atoms with Crippen LogP contribution in [-0.2, 0) is 32.1 Å². The maximum Gasteiger partial charge on any atom is 0.0144 e. The van der Waals surface area contributed by atoms with Crippen LogP contribution in [0.3, 0.4) is 0 Å². The highest BCUT2D eigenvalue weighted by molar-refractivity contribution is 5.54. The van der Waals surface area contributed by atoms with E-state index < -0.39 is 0 Å². The first kappa shape index (κ1) is 80.3. The smallest absolute Gasteiger partial charge is 0.0144 e. The standard InChI is InChI=1S/C16H24.C15H22.C14H20.C13H18.C12H16.C11H14.6CH4/c1-16(2,3)15-12-6-4-5-9-13-10-7-8-11-14(13)15;1-15(2,3)14-11-7-5-9-12-8-4-6-10-13(12)14;1-14(2,3)13-10-6-8-11-7-4-5-9-12(11)13;1-13(2,3)12-9-8-10-6-4-5-7-11(10)12;1-12(2,3)11-8-9-6-4-5-7-10(9)11;1-11(2,3)10-8-6-4-5-7-9(8)10;;;;;;/h7-8,10-11,15H,4-6,9,12H2,1-3H3;4,6,8,10,14H,5,7,9,11H2,1-3H3;4-5,7,9,13H,6,8,10H2,1-3H3;4-7,12H,8-9H2,1-3H3;4-7,11H,8H2,1-3H3;4-7,10H,1-3H3;6*1H4. The van der Waals surface area contributed by atoms with Gasteiger partial charge in [0, 0.05) is 5.92 Å². The number of benzene rings is 6. The zero-order valence-corrected chi connectivity index (χ0v) is 54.9. The van der Waals surface area contributed by atoms with Crippen LogP contribution in [0, 0.1) is 32.5 Å². The number of hydrogen-bond acceptors (Lipinski definition) is 0. The van der Waals surface area contributed by atoms with Crippen molar-refractivity contribution in [3.8, 4) is 0 Å². The molecule has 0 N–H and O–H groups in total. The van der Waals surface area contributed by atoms with Crippen LogP contribution in [0.25, 0.3) is 0 Å². The van der Waals surface area contributed by atoms with Crippen LogP contribution < -0.4 is 0 Å². The van der Waals surface area contributed by atoms with Crippen LogP contribution in [-0.4, -0.2) is 0 Å². The molecule has 87 heavy (non-hydrogen) atoms. The second-order valence-corrected chi connectivity index (χ2v) is 32.0. The Labute approximate surface area is 542 Å². The third kappa shape index (κ3) is 21.8. The quantitative estimate of drug-likeness (QED) is 0.133. The van der Waals surface area contributed by atoms with Crippen molar-refractivity contribution in [2.24, 2.45) is 32.5 Å². The Balaban J connectivity index is 0.000000517. The lowest BCUT2D eigenvalue weighted by atomic mass is 9.65. The second kappa shape index (κ2) is 33.9. The zero-order chi connectivity index (χ0) is 59.0. The summed E-state index contributed by atoms with van der Waals surface area (Å²) in [4.78, 5) is 0. The summed E-state index contributed by atoms with van der Waals surface area (Å²) in [6.07, 6.45) is 20.1. The molecule has 0 bridgehead atoms. The highest BCUT2D eigenvalue weighted by Gasteiger charge is 2.41. The minimum atomic E-state index is 0. The molecule has 6 aliphatic rings. The average Bonchev–Trinajstić information content (AvgIpc) is 2.13. The van der Waals surface area contributed by atoms with Crippen LogP contribution in [0.4, 0.5) is 0 Å². The maximum absolute atomic E-state index is 2.38. The van der Waals surface area contributed by atoms with Crippen molar-refractivity contribution in [2.75, 3.05) is 0 Å². The number of fused-ring (bicyclic) bond motifs is 6. The summed E-state index contributed by atoms with van der Waals surface area (Å²) in [6, 6.07) is 53.6. The van der Waals surface area contributed by atoms with E-state index in [0.29, 0.717) is 32.5 Å². The Hall–Kier alpha value is -4.68. The van der Waals surface area contributed by atoms with Crippen molar-refractivity contribution in [1.29, 1.82) is 0 Å². The van der Waals surface area contributed by atoms with Gasteiger partial charge in [0.05, 0.1) is 0 Å². The van der Waals surface area contributed by atoms with Gasteiger partial charge in [-0.3, -0.25) is 0 Å². The van der Waals surface area contributed by atoms with Crippen molar-refractivity contribution >= 4 is 0 Å². The third-order valence-electron chi connectivity index (χ3n) is 19.5. The normalized spacial score (nSPS) is 19.6. The molecule has 6 aromatic rings. The molecule has 6 aliphatic carbocycles. The van der Waals surface area contributed by atoms with Gasteiger partial charge in [0.25, 0.3) is 0 Å². The Morgan fingerprint density at radius 1 is 0.218 bits per heavy atom. The van der Waals surface area contributed by atoms with Gasteiger partial charge in [0.2, 0.25) is 0 Å². The topological polar surface area (TPSA) is 0 Å². The fourth-order valence-electron chi connectivity index (χ4n) is 14.9. The van der Waals surface area contributed by atoms with E-state index in [9.17, 15) is 0 Å². The maximum atomic E-state index is 2.38. The second-order valence-electron chi connectivity index (χ2n) is 32.0. The molecule has 0 saturated carbocycles. The number of hydrogen-bond donors (Lipinski definition) is 0. The van der Waals surface area contributed by atoms with E-state index in [2.05, 4.69) is 270 Å². The SMILES string of the molecule is C.C.C.C.C.C.CC(C)(C)C1CCCCCc2ccccc21.CC(C)(C)C1CCCCc2ccccc21.CC(C)(C)C1CCCc2ccccc21.CC(C)(C)C1CCc2ccccc21.CC(C)(C)C1Cc2ccccc21.CC(C)(C)C1c2ccccc21. The molecular formula is C87H138. The monoisotopic (exact) mass is 1180 g/mol. The summed E-state index contributed by atoms with van der Waals surface area (Å²) in [5.41, 5.74) is 21.5. The first-order valence-electron chi connectivity index (χ1n) is 32.5. The lowest BCUT2D eigenvalue weighted by Crippen LogP contribution is -2.28. The molecular weight excluding hydrogens is 1040 g/mol. The van der Waals surface area contributed by atoms with Crippen molar-refractivity contribution in [2.45, 2.75) is 301 Å². The summed E-state index contributed by atoms with van der Waals surface area (Å²) >= 11 is 0. The lowest BCUT2D eigenvalue weighted by molar-refractivity contribution is 0.289. The van der Waals surface area contributed by atoms with E-state index in [4.69, 9.17) is 0 Å². The van der Waals surface area contributed by atoms with Gasteiger partial charge in [-0.25, -0.2) is 0 Å². The Kier molecular flexibility index (Phi) is 31.3.